The molecule has 2 amide bonds. The molecule has 0 spiro atoms. The zero-order chi connectivity index (χ0) is 24.8. The molecule has 0 aliphatic carbocycles. The van der Waals surface area contributed by atoms with E-state index < -0.39 is 11.9 Å². The van der Waals surface area contributed by atoms with Crippen molar-refractivity contribution in [3.05, 3.63) is 95.3 Å². The van der Waals surface area contributed by atoms with Crippen molar-refractivity contribution in [2.75, 3.05) is 11.7 Å². The topological polar surface area (TPSA) is 89.7 Å². The normalized spacial score (nSPS) is 16.9. The Morgan fingerprint density at radius 1 is 1.00 bits per heavy atom. The van der Waals surface area contributed by atoms with Gasteiger partial charge in [-0.3, -0.25) is 4.90 Å². The maximum absolute atomic E-state index is 14.0. The van der Waals surface area contributed by atoms with Crippen LogP contribution in [0.3, 0.4) is 0 Å². The van der Waals surface area contributed by atoms with Crippen LogP contribution in [0.1, 0.15) is 30.0 Å². The Balaban J connectivity index is 1.47. The molecular formula is C27H21FN4O4. The number of allylic oxidation sites excluding steroid dienone is 1. The Kier molecular flexibility index (Phi) is 5.18. The van der Waals surface area contributed by atoms with E-state index >= 15 is 0 Å². The molecule has 0 saturated carbocycles. The second-order valence-electron chi connectivity index (χ2n) is 8.60. The van der Waals surface area contributed by atoms with Crippen LogP contribution < -0.4 is 19.7 Å². The quantitative estimate of drug-likeness (QED) is 0.405. The second-order valence-corrected chi connectivity index (χ2v) is 8.60. The van der Waals surface area contributed by atoms with E-state index in [-0.39, 0.29) is 18.7 Å². The maximum atomic E-state index is 14.0. The summed E-state index contributed by atoms with van der Waals surface area (Å²) in [5, 5.41) is 7.21. The van der Waals surface area contributed by atoms with Crippen LogP contribution in [-0.4, -0.2) is 23.0 Å². The number of fused-ring (bicyclic) bond motifs is 1. The minimum absolute atomic E-state index is 0.163. The van der Waals surface area contributed by atoms with Gasteiger partial charge in [-0.15, -0.1) is 0 Å². The van der Waals surface area contributed by atoms with Crippen LogP contribution in [0, 0.1) is 12.7 Å². The van der Waals surface area contributed by atoms with Gasteiger partial charge in [0.05, 0.1) is 17.3 Å². The predicted molar refractivity (Wildman–Crippen MR) is 130 cm³/mol. The third kappa shape index (κ3) is 3.74. The van der Waals surface area contributed by atoms with Gasteiger partial charge in [0.15, 0.2) is 11.5 Å². The van der Waals surface area contributed by atoms with Gasteiger partial charge in [-0.05, 0) is 55.8 Å². The van der Waals surface area contributed by atoms with E-state index in [0.29, 0.717) is 39.8 Å². The monoisotopic (exact) mass is 484 g/mol. The summed E-state index contributed by atoms with van der Waals surface area (Å²) in [6, 6.07) is 18.2. The molecule has 0 radical (unpaired) electrons. The van der Waals surface area contributed by atoms with Crippen LogP contribution in [0.5, 0.6) is 11.5 Å². The van der Waals surface area contributed by atoms with Crippen molar-refractivity contribution >= 4 is 17.3 Å². The van der Waals surface area contributed by atoms with Crippen LogP contribution in [0.15, 0.2) is 77.0 Å². The fraction of sp³-hybridized carbons (Fsp3) is 0.148. The highest BCUT2D eigenvalue weighted by atomic mass is 19.1. The van der Waals surface area contributed by atoms with E-state index in [2.05, 4.69) is 15.5 Å². The molecule has 36 heavy (non-hydrogen) atoms. The summed E-state index contributed by atoms with van der Waals surface area (Å²) in [6.45, 7) is 3.94. The number of anilines is 1. The van der Waals surface area contributed by atoms with Gasteiger partial charge in [0.1, 0.15) is 5.82 Å². The van der Waals surface area contributed by atoms with Crippen LogP contribution in [-0.2, 0) is 0 Å². The summed E-state index contributed by atoms with van der Waals surface area (Å²) in [5.41, 5.74) is 4.19. The molecule has 2 aliphatic heterocycles. The van der Waals surface area contributed by atoms with Gasteiger partial charge in [0.25, 0.3) is 5.89 Å². The predicted octanol–water partition coefficient (Wildman–Crippen LogP) is 5.61. The van der Waals surface area contributed by atoms with Crippen molar-refractivity contribution in [3.63, 3.8) is 0 Å². The molecule has 180 valence electrons. The lowest BCUT2D eigenvalue weighted by Gasteiger charge is -2.35. The molecule has 1 aromatic heterocycles. The van der Waals surface area contributed by atoms with Crippen LogP contribution in [0.4, 0.5) is 14.9 Å². The van der Waals surface area contributed by atoms with Gasteiger partial charge in [0, 0.05) is 11.3 Å². The number of benzene rings is 3. The summed E-state index contributed by atoms with van der Waals surface area (Å²) >= 11 is 0. The van der Waals surface area contributed by atoms with Gasteiger partial charge >= 0.3 is 6.03 Å². The van der Waals surface area contributed by atoms with Crippen molar-refractivity contribution < 1.29 is 23.2 Å². The van der Waals surface area contributed by atoms with Gasteiger partial charge in [-0.1, -0.05) is 41.1 Å². The summed E-state index contributed by atoms with van der Waals surface area (Å²) in [6.07, 6.45) is 0. The van der Waals surface area contributed by atoms with Crippen LogP contribution in [0.25, 0.3) is 17.0 Å². The molecule has 4 aromatic rings. The first kappa shape index (κ1) is 21.8. The van der Waals surface area contributed by atoms with Crippen LogP contribution >= 0.6 is 0 Å². The van der Waals surface area contributed by atoms with E-state index in [0.717, 1.165) is 11.1 Å². The van der Waals surface area contributed by atoms with Crippen LogP contribution in [0.2, 0.25) is 0 Å². The Labute approximate surface area is 206 Å². The van der Waals surface area contributed by atoms with Crippen molar-refractivity contribution in [1.29, 1.82) is 0 Å². The molecule has 0 bridgehead atoms. The molecule has 9 heteroatoms. The minimum Gasteiger partial charge on any atom is -0.454 e. The molecule has 1 unspecified atom stereocenters. The molecule has 6 rings (SSSR count). The van der Waals surface area contributed by atoms with E-state index in [9.17, 15) is 9.18 Å². The fourth-order valence-electron chi connectivity index (χ4n) is 4.44. The van der Waals surface area contributed by atoms with Gasteiger partial charge in [0.2, 0.25) is 12.6 Å². The SMILES string of the molecule is CC1=C(c2nc(-c3ccc4c(c3)OCO4)no2)C(c2ccc(C)cc2)NC(=O)N1c1cccc(F)c1. The Hall–Kier alpha value is -4.66. The summed E-state index contributed by atoms with van der Waals surface area (Å²) < 4.78 is 30.6. The highest BCUT2D eigenvalue weighted by Gasteiger charge is 2.36. The molecule has 3 heterocycles. The lowest BCUT2D eigenvalue weighted by Crippen LogP contribution is -2.46. The number of halogens is 1. The number of hydrogen-bond acceptors (Lipinski definition) is 6. The van der Waals surface area contributed by atoms with Gasteiger partial charge < -0.3 is 19.3 Å². The average Bonchev–Trinajstić information content (AvgIpc) is 3.54. The zero-order valence-corrected chi connectivity index (χ0v) is 19.5. The summed E-state index contributed by atoms with van der Waals surface area (Å²) in [4.78, 5) is 19.3. The first-order chi connectivity index (χ1) is 17.5. The van der Waals surface area contributed by atoms with E-state index in [1.807, 2.05) is 37.3 Å². The lowest BCUT2D eigenvalue weighted by atomic mass is 9.94. The smallest absolute Gasteiger partial charge is 0.327 e. The fourth-order valence-corrected chi connectivity index (χ4v) is 4.44. The molecule has 8 nitrogen and oxygen atoms in total. The molecular weight excluding hydrogens is 463 g/mol. The maximum Gasteiger partial charge on any atom is 0.327 e. The van der Waals surface area contributed by atoms with Crippen molar-refractivity contribution in [1.82, 2.24) is 15.5 Å². The first-order valence-corrected chi connectivity index (χ1v) is 11.4. The zero-order valence-electron chi connectivity index (χ0n) is 19.5. The number of ether oxygens (including phenoxy) is 2. The molecule has 1 N–H and O–H groups in total. The number of carbonyl (C=O) groups excluding carboxylic acids is 1. The standard InChI is InChI=1S/C27H21FN4O4/c1-15-6-8-17(9-7-15)24-23(16(2)32(27(33)29-24)20-5-3-4-19(28)13-20)26-30-25(31-36-26)18-10-11-21-22(12-18)35-14-34-21/h3-13,24H,14H2,1-2H3,(H,29,33). The highest BCUT2D eigenvalue weighted by molar-refractivity contribution is 6.01. The second kappa shape index (κ2) is 8.53. The van der Waals surface area contributed by atoms with E-state index in [1.165, 1.54) is 17.0 Å². The van der Waals surface area contributed by atoms with E-state index in [4.69, 9.17) is 14.0 Å². The third-order valence-corrected chi connectivity index (χ3v) is 6.25. The van der Waals surface area contributed by atoms with Crippen molar-refractivity contribution in [2.24, 2.45) is 0 Å². The number of aromatic nitrogens is 2. The van der Waals surface area contributed by atoms with E-state index in [1.54, 1.807) is 31.2 Å². The number of hydrogen-bond donors (Lipinski definition) is 1. The lowest BCUT2D eigenvalue weighted by molar-refractivity contribution is 0.174. The Morgan fingerprint density at radius 3 is 2.61 bits per heavy atom. The minimum atomic E-state index is -0.548. The Morgan fingerprint density at radius 2 is 1.81 bits per heavy atom. The van der Waals surface area contributed by atoms with Gasteiger partial charge in [-0.25, -0.2) is 9.18 Å². The number of nitrogens with zero attached hydrogens (tertiary/aromatic N) is 3. The average molecular weight is 484 g/mol. The van der Waals surface area contributed by atoms with Crippen molar-refractivity contribution in [3.8, 4) is 22.9 Å². The summed E-state index contributed by atoms with van der Waals surface area (Å²) in [5.74, 6) is 1.42. The van der Waals surface area contributed by atoms with Gasteiger partial charge in [-0.2, -0.15) is 4.98 Å². The number of rotatable bonds is 4. The third-order valence-electron chi connectivity index (χ3n) is 6.25. The number of carbonyl (C=O) groups is 1. The Bertz CT molecular complexity index is 1510. The molecule has 2 aliphatic rings. The van der Waals surface area contributed by atoms with Crippen molar-refractivity contribution in [2.45, 2.75) is 19.9 Å². The molecule has 3 aromatic carbocycles. The largest absolute Gasteiger partial charge is 0.454 e. The molecule has 1 atom stereocenters. The number of amides is 2. The highest BCUT2D eigenvalue weighted by Crippen LogP contribution is 2.40. The first-order valence-electron chi connectivity index (χ1n) is 11.4. The number of aryl methyl sites for hydroxylation is 1. The number of nitrogens with one attached hydrogen (secondary N) is 1. The molecule has 0 saturated heterocycles. The number of urea groups is 1. The summed E-state index contributed by atoms with van der Waals surface area (Å²) in [7, 11) is 0. The molecule has 0 fully saturated rings.